The fourth-order valence-electron chi connectivity index (χ4n) is 2.89. The van der Waals surface area contributed by atoms with Crippen LogP contribution in [0.25, 0.3) is 0 Å². The highest BCUT2D eigenvalue weighted by molar-refractivity contribution is 5.40. The number of hydrogen-bond acceptors (Lipinski definition) is 2. The van der Waals surface area contributed by atoms with Gasteiger partial charge in [0.2, 0.25) is 0 Å². The van der Waals surface area contributed by atoms with Gasteiger partial charge in [-0.1, -0.05) is 48.0 Å². The molecule has 1 atom stereocenters. The van der Waals surface area contributed by atoms with Crippen LogP contribution < -0.4 is 10.1 Å². The Morgan fingerprint density at radius 3 is 2.86 bits per heavy atom. The summed E-state index contributed by atoms with van der Waals surface area (Å²) in [4.78, 5) is 0. The van der Waals surface area contributed by atoms with Crippen molar-refractivity contribution in [1.82, 2.24) is 5.32 Å². The first kappa shape index (κ1) is 14.2. The standard InChI is InChI=1S/C19H23NO/c1-15-9-10-19-17(12-15)13-18(21-19)14-20-11-5-8-16-6-3-2-4-7-16/h2-4,6-7,9-10,12,18,20H,5,8,11,13-14H2,1H3. The lowest BCUT2D eigenvalue weighted by atomic mass is 10.1. The predicted octanol–water partition coefficient (Wildman–Crippen LogP) is 3.52. The molecule has 110 valence electrons. The average Bonchev–Trinajstić information content (AvgIpc) is 2.90. The molecule has 0 saturated heterocycles. The molecule has 0 saturated carbocycles. The highest BCUT2D eigenvalue weighted by Gasteiger charge is 2.21. The molecule has 1 N–H and O–H groups in total. The molecular weight excluding hydrogens is 258 g/mol. The molecule has 1 unspecified atom stereocenters. The Morgan fingerprint density at radius 2 is 2.00 bits per heavy atom. The van der Waals surface area contributed by atoms with Crippen LogP contribution in [0.15, 0.2) is 48.5 Å². The Bertz CT molecular complexity index is 579. The third kappa shape index (κ3) is 3.85. The summed E-state index contributed by atoms with van der Waals surface area (Å²) >= 11 is 0. The van der Waals surface area contributed by atoms with Gasteiger partial charge in [0.1, 0.15) is 11.9 Å². The maximum absolute atomic E-state index is 5.96. The van der Waals surface area contributed by atoms with E-state index in [0.717, 1.165) is 31.7 Å². The molecule has 2 heteroatoms. The number of aryl methyl sites for hydroxylation is 2. The molecular formula is C19H23NO. The summed E-state index contributed by atoms with van der Waals surface area (Å²) in [6.07, 6.45) is 3.63. The number of rotatable bonds is 6. The molecule has 0 aliphatic carbocycles. The number of benzene rings is 2. The van der Waals surface area contributed by atoms with Crippen molar-refractivity contribution in [2.24, 2.45) is 0 Å². The Morgan fingerprint density at radius 1 is 1.14 bits per heavy atom. The van der Waals surface area contributed by atoms with E-state index in [0.29, 0.717) is 6.10 Å². The van der Waals surface area contributed by atoms with Crippen molar-refractivity contribution in [2.75, 3.05) is 13.1 Å². The normalized spacial score (nSPS) is 16.5. The van der Waals surface area contributed by atoms with Gasteiger partial charge in [0.05, 0.1) is 0 Å². The van der Waals surface area contributed by atoms with E-state index in [9.17, 15) is 0 Å². The fraction of sp³-hybridized carbons (Fsp3) is 0.368. The van der Waals surface area contributed by atoms with Crippen molar-refractivity contribution in [3.63, 3.8) is 0 Å². The van der Waals surface area contributed by atoms with E-state index in [-0.39, 0.29) is 0 Å². The largest absolute Gasteiger partial charge is 0.488 e. The summed E-state index contributed by atoms with van der Waals surface area (Å²) in [6.45, 7) is 4.11. The van der Waals surface area contributed by atoms with Crippen molar-refractivity contribution in [3.05, 3.63) is 65.2 Å². The van der Waals surface area contributed by atoms with Gasteiger partial charge in [-0.3, -0.25) is 0 Å². The Balaban J connectivity index is 1.36. The number of nitrogens with one attached hydrogen (secondary N) is 1. The van der Waals surface area contributed by atoms with E-state index < -0.39 is 0 Å². The second-order valence-corrected chi connectivity index (χ2v) is 5.85. The van der Waals surface area contributed by atoms with Gasteiger partial charge in [-0.05, 0) is 43.5 Å². The van der Waals surface area contributed by atoms with Crippen LogP contribution in [-0.2, 0) is 12.8 Å². The Hall–Kier alpha value is -1.80. The van der Waals surface area contributed by atoms with Gasteiger partial charge in [0.15, 0.2) is 0 Å². The summed E-state index contributed by atoms with van der Waals surface area (Å²) in [5.74, 6) is 1.07. The van der Waals surface area contributed by atoms with Crippen LogP contribution in [0.5, 0.6) is 5.75 Å². The highest BCUT2D eigenvalue weighted by atomic mass is 16.5. The van der Waals surface area contributed by atoms with Gasteiger partial charge in [0, 0.05) is 13.0 Å². The molecule has 3 rings (SSSR count). The minimum absolute atomic E-state index is 0.290. The lowest BCUT2D eigenvalue weighted by Gasteiger charge is -2.11. The maximum atomic E-state index is 5.96. The molecule has 0 fully saturated rings. The van der Waals surface area contributed by atoms with Gasteiger partial charge in [-0.2, -0.15) is 0 Å². The number of ether oxygens (including phenoxy) is 1. The lowest BCUT2D eigenvalue weighted by Crippen LogP contribution is -2.30. The van der Waals surface area contributed by atoms with Crippen LogP contribution in [0.4, 0.5) is 0 Å². The van der Waals surface area contributed by atoms with Crippen molar-refractivity contribution in [1.29, 1.82) is 0 Å². The van der Waals surface area contributed by atoms with E-state index >= 15 is 0 Å². The van der Waals surface area contributed by atoms with Crippen LogP contribution >= 0.6 is 0 Å². The quantitative estimate of drug-likeness (QED) is 0.818. The predicted molar refractivity (Wildman–Crippen MR) is 86.9 cm³/mol. The highest BCUT2D eigenvalue weighted by Crippen LogP contribution is 2.29. The number of fused-ring (bicyclic) bond motifs is 1. The molecule has 0 amide bonds. The third-order valence-corrected chi connectivity index (χ3v) is 3.99. The van der Waals surface area contributed by atoms with Crippen LogP contribution in [0.1, 0.15) is 23.1 Å². The van der Waals surface area contributed by atoms with Crippen molar-refractivity contribution in [3.8, 4) is 5.75 Å². The topological polar surface area (TPSA) is 21.3 Å². The van der Waals surface area contributed by atoms with Crippen LogP contribution in [0.2, 0.25) is 0 Å². The molecule has 21 heavy (non-hydrogen) atoms. The third-order valence-electron chi connectivity index (χ3n) is 3.99. The average molecular weight is 281 g/mol. The SMILES string of the molecule is Cc1ccc2c(c1)CC(CNCCCc1ccccc1)O2. The molecule has 1 aliphatic rings. The first-order chi connectivity index (χ1) is 10.3. The lowest BCUT2D eigenvalue weighted by molar-refractivity contribution is 0.227. The van der Waals surface area contributed by atoms with Crippen molar-refractivity contribution < 1.29 is 4.74 Å². The maximum Gasteiger partial charge on any atom is 0.123 e. The van der Waals surface area contributed by atoms with E-state index in [2.05, 4.69) is 60.8 Å². The van der Waals surface area contributed by atoms with Gasteiger partial charge in [-0.15, -0.1) is 0 Å². The van der Waals surface area contributed by atoms with Crippen molar-refractivity contribution in [2.45, 2.75) is 32.3 Å². The summed E-state index contributed by atoms with van der Waals surface area (Å²) in [7, 11) is 0. The summed E-state index contributed by atoms with van der Waals surface area (Å²) < 4.78 is 5.96. The van der Waals surface area contributed by atoms with Gasteiger partial charge < -0.3 is 10.1 Å². The van der Waals surface area contributed by atoms with E-state index in [1.54, 1.807) is 0 Å². The molecule has 1 aliphatic heterocycles. The molecule has 0 aromatic heterocycles. The second-order valence-electron chi connectivity index (χ2n) is 5.85. The Labute approximate surface area is 127 Å². The van der Waals surface area contributed by atoms with Gasteiger partial charge in [0.25, 0.3) is 0 Å². The molecule has 2 aromatic carbocycles. The van der Waals surface area contributed by atoms with Crippen LogP contribution in [0.3, 0.4) is 0 Å². The van der Waals surface area contributed by atoms with Crippen LogP contribution in [-0.4, -0.2) is 19.2 Å². The fourth-order valence-corrected chi connectivity index (χ4v) is 2.89. The molecule has 2 nitrogen and oxygen atoms in total. The summed E-state index contributed by atoms with van der Waals surface area (Å²) in [6, 6.07) is 17.1. The zero-order chi connectivity index (χ0) is 14.5. The second kappa shape index (κ2) is 6.77. The zero-order valence-electron chi connectivity index (χ0n) is 12.6. The first-order valence-electron chi connectivity index (χ1n) is 7.82. The number of hydrogen-bond donors (Lipinski definition) is 1. The van der Waals surface area contributed by atoms with E-state index in [1.807, 2.05) is 0 Å². The van der Waals surface area contributed by atoms with Gasteiger partial charge >= 0.3 is 0 Å². The van der Waals surface area contributed by atoms with Gasteiger partial charge in [-0.25, -0.2) is 0 Å². The smallest absolute Gasteiger partial charge is 0.123 e. The summed E-state index contributed by atoms with van der Waals surface area (Å²) in [5.41, 5.74) is 4.08. The molecule has 0 spiro atoms. The summed E-state index contributed by atoms with van der Waals surface area (Å²) in [5, 5.41) is 3.52. The minimum Gasteiger partial charge on any atom is -0.488 e. The minimum atomic E-state index is 0.290. The van der Waals surface area contributed by atoms with E-state index in [4.69, 9.17) is 4.74 Å². The first-order valence-corrected chi connectivity index (χ1v) is 7.82. The van der Waals surface area contributed by atoms with E-state index in [1.165, 1.54) is 23.1 Å². The van der Waals surface area contributed by atoms with Crippen molar-refractivity contribution >= 4 is 0 Å². The van der Waals surface area contributed by atoms with Crippen LogP contribution in [0, 0.1) is 6.92 Å². The molecule has 0 radical (unpaired) electrons. The zero-order valence-corrected chi connectivity index (χ0v) is 12.6. The molecule has 0 bridgehead atoms. The monoisotopic (exact) mass is 281 g/mol. The Kier molecular flexibility index (Phi) is 4.56. The molecule has 1 heterocycles. The molecule has 2 aromatic rings.